The van der Waals surface area contributed by atoms with Gasteiger partial charge in [0.25, 0.3) is 0 Å². The molecule has 3 aromatic rings. The number of H-pyrrole nitrogens is 1. The second kappa shape index (κ2) is 7.28. The fraction of sp³-hybridized carbons (Fsp3) is 0.353. The van der Waals surface area contributed by atoms with Crippen molar-refractivity contribution in [2.45, 2.75) is 25.8 Å². The predicted octanol–water partition coefficient (Wildman–Crippen LogP) is 2.46. The van der Waals surface area contributed by atoms with Gasteiger partial charge in [0, 0.05) is 18.4 Å². The molecule has 136 valence electrons. The molecule has 0 aromatic carbocycles. The summed E-state index contributed by atoms with van der Waals surface area (Å²) in [6.45, 7) is 5.52. The number of rotatable bonds is 6. The van der Waals surface area contributed by atoms with Crippen LogP contribution in [0.5, 0.6) is 0 Å². The molecular formula is C17H19N5O3S. The smallest absolute Gasteiger partial charge is 0.340 e. The monoisotopic (exact) mass is 373 g/mol. The summed E-state index contributed by atoms with van der Waals surface area (Å²) in [5, 5.41) is 5.64. The number of Topliss-reactive ketones (excluding diaryl/α,β-unsaturated/α-hetero) is 1. The molecule has 0 saturated heterocycles. The topological polar surface area (TPSA) is 103 Å². The van der Waals surface area contributed by atoms with Crippen LogP contribution in [-0.4, -0.2) is 48.8 Å². The summed E-state index contributed by atoms with van der Waals surface area (Å²) in [5.74, 6) is -0.499. The van der Waals surface area contributed by atoms with Gasteiger partial charge in [0.2, 0.25) is 0 Å². The van der Waals surface area contributed by atoms with Crippen molar-refractivity contribution < 1.29 is 14.3 Å². The Morgan fingerprint density at radius 2 is 1.96 bits per heavy atom. The molecule has 3 aromatic heterocycles. The van der Waals surface area contributed by atoms with Gasteiger partial charge in [-0.25, -0.2) is 14.8 Å². The number of carbonyl (C=O) groups is 2. The van der Waals surface area contributed by atoms with Crippen LogP contribution < -0.4 is 0 Å². The standard InChI is InChI=1S/C17H19N5O3S/c1-5-25-17(24)14-10(3)21-9(2)13(14)12(23)7-26-16-11-6-20-22(4)15(11)18-8-19-16/h6,8,21H,5,7H2,1-4H3. The van der Waals surface area contributed by atoms with Gasteiger partial charge in [-0.1, -0.05) is 11.8 Å². The highest BCUT2D eigenvalue weighted by atomic mass is 32.2. The minimum atomic E-state index is -0.487. The van der Waals surface area contributed by atoms with E-state index < -0.39 is 5.97 Å². The largest absolute Gasteiger partial charge is 0.462 e. The average molecular weight is 373 g/mol. The third-order valence-electron chi connectivity index (χ3n) is 3.97. The molecule has 0 radical (unpaired) electrons. The van der Waals surface area contributed by atoms with Crippen molar-refractivity contribution in [1.29, 1.82) is 0 Å². The Morgan fingerprint density at radius 1 is 1.23 bits per heavy atom. The maximum Gasteiger partial charge on any atom is 0.340 e. The average Bonchev–Trinajstić information content (AvgIpc) is 3.13. The molecule has 9 heteroatoms. The van der Waals surface area contributed by atoms with Gasteiger partial charge in [-0.3, -0.25) is 9.48 Å². The number of aromatic amines is 1. The molecule has 0 aliphatic carbocycles. The van der Waals surface area contributed by atoms with E-state index in [1.165, 1.54) is 18.1 Å². The number of carbonyl (C=O) groups excluding carboxylic acids is 2. The Bertz CT molecular complexity index is 992. The molecule has 0 fully saturated rings. The number of fused-ring (bicyclic) bond motifs is 1. The molecule has 0 aliphatic rings. The minimum absolute atomic E-state index is 0.144. The summed E-state index contributed by atoms with van der Waals surface area (Å²) in [5.41, 5.74) is 2.68. The molecule has 1 N–H and O–H groups in total. The number of thioether (sulfide) groups is 1. The van der Waals surface area contributed by atoms with E-state index in [1.54, 1.807) is 38.7 Å². The molecule has 3 heterocycles. The van der Waals surface area contributed by atoms with Crippen LogP contribution in [0.15, 0.2) is 17.6 Å². The second-order valence-electron chi connectivity index (χ2n) is 5.74. The van der Waals surface area contributed by atoms with E-state index in [9.17, 15) is 9.59 Å². The van der Waals surface area contributed by atoms with Crippen LogP contribution in [0.1, 0.15) is 39.0 Å². The molecule has 0 aliphatic heterocycles. The molecule has 0 saturated carbocycles. The number of ether oxygens (including phenoxy) is 1. The summed E-state index contributed by atoms with van der Waals surface area (Å²) < 4.78 is 6.74. The normalized spacial score (nSPS) is 11.1. The van der Waals surface area contributed by atoms with Gasteiger partial charge in [-0.15, -0.1) is 0 Å². The molecule has 8 nitrogen and oxygen atoms in total. The number of esters is 1. The van der Waals surface area contributed by atoms with E-state index in [-0.39, 0.29) is 18.1 Å². The van der Waals surface area contributed by atoms with E-state index in [2.05, 4.69) is 20.1 Å². The first-order valence-corrected chi connectivity index (χ1v) is 9.07. The Labute approximate surface area is 154 Å². The van der Waals surface area contributed by atoms with Crippen molar-refractivity contribution in [3.05, 3.63) is 35.0 Å². The van der Waals surface area contributed by atoms with Crippen molar-refractivity contribution in [2.24, 2.45) is 7.05 Å². The fourth-order valence-corrected chi connectivity index (χ4v) is 3.68. The SMILES string of the molecule is CCOC(=O)c1c(C)[nH]c(C)c1C(=O)CSc1ncnc2c1cnn2C. The minimum Gasteiger partial charge on any atom is -0.462 e. The fourth-order valence-electron chi connectivity index (χ4n) is 2.85. The third-order valence-corrected chi connectivity index (χ3v) is 4.97. The molecule has 3 rings (SSSR count). The maximum atomic E-state index is 12.8. The quantitative estimate of drug-likeness (QED) is 0.306. The molecule has 0 spiro atoms. The number of nitrogens with one attached hydrogen (secondary N) is 1. The van der Waals surface area contributed by atoms with E-state index >= 15 is 0 Å². The van der Waals surface area contributed by atoms with Gasteiger partial charge in [0.1, 0.15) is 11.4 Å². The number of ketones is 1. The molecule has 26 heavy (non-hydrogen) atoms. The summed E-state index contributed by atoms with van der Waals surface area (Å²) in [6.07, 6.45) is 3.13. The lowest BCUT2D eigenvalue weighted by molar-refractivity contribution is 0.0522. The van der Waals surface area contributed by atoms with Crippen molar-refractivity contribution in [2.75, 3.05) is 12.4 Å². The van der Waals surface area contributed by atoms with E-state index in [0.29, 0.717) is 33.2 Å². The number of hydrogen-bond acceptors (Lipinski definition) is 7. The van der Waals surface area contributed by atoms with Crippen LogP contribution in [0.4, 0.5) is 0 Å². The summed E-state index contributed by atoms with van der Waals surface area (Å²) in [6, 6.07) is 0. The summed E-state index contributed by atoms with van der Waals surface area (Å²) in [7, 11) is 1.80. The van der Waals surface area contributed by atoms with E-state index in [0.717, 1.165) is 5.39 Å². The number of aryl methyl sites for hydroxylation is 3. The first-order chi connectivity index (χ1) is 12.4. The zero-order valence-corrected chi connectivity index (χ0v) is 15.8. The lowest BCUT2D eigenvalue weighted by Gasteiger charge is -2.06. The van der Waals surface area contributed by atoms with Crippen LogP contribution in [0.2, 0.25) is 0 Å². The number of nitrogens with zero attached hydrogens (tertiary/aromatic N) is 4. The molecule has 0 bridgehead atoms. The van der Waals surface area contributed by atoms with Crippen LogP contribution in [0.3, 0.4) is 0 Å². The predicted molar refractivity (Wildman–Crippen MR) is 97.6 cm³/mol. The van der Waals surface area contributed by atoms with Crippen LogP contribution >= 0.6 is 11.8 Å². The lowest BCUT2D eigenvalue weighted by Crippen LogP contribution is -2.13. The van der Waals surface area contributed by atoms with Gasteiger partial charge >= 0.3 is 5.97 Å². The van der Waals surface area contributed by atoms with Gasteiger partial charge in [-0.2, -0.15) is 5.10 Å². The van der Waals surface area contributed by atoms with Crippen LogP contribution in [0.25, 0.3) is 11.0 Å². The first-order valence-electron chi connectivity index (χ1n) is 8.09. The third kappa shape index (κ3) is 3.22. The molecule has 0 amide bonds. The van der Waals surface area contributed by atoms with Gasteiger partial charge in [0.15, 0.2) is 11.4 Å². The van der Waals surface area contributed by atoms with Crippen molar-refractivity contribution in [3.63, 3.8) is 0 Å². The Balaban J connectivity index is 1.85. The van der Waals surface area contributed by atoms with Crippen LogP contribution in [0, 0.1) is 13.8 Å². The van der Waals surface area contributed by atoms with Gasteiger partial charge < -0.3 is 9.72 Å². The van der Waals surface area contributed by atoms with Crippen molar-refractivity contribution in [3.8, 4) is 0 Å². The molecule has 0 atom stereocenters. The van der Waals surface area contributed by atoms with E-state index in [4.69, 9.17) is 4.74 Å². The van der Waals surface area contributed by atoms with Gasteiger partial charge in [0.05, 0.1) is 35.1 Å². The zero-order valence-electron chi connectivity index (χ0n) is 15.0. The summed E-state index contributed by atoms with van der Waals surface area (Å²) >= 11 is 1.30. The maximum absolute atomic E-state index is 12.8. The number of aromatic nitrogens is 5. The van der Waals surface area contributed by atoms with Gasteiger partial charge in [-0.05, 0) is 20.8 Å². The highest BCUT2D eigenvalue weighted by Crippen LogP contribution is 2.27. The zero-order chi connectivity index (χ0) is 18.8. The van der Waals surface area contributed by atoms with Crippen LogP contribution in [-0.2, 0) is 11.8 Å². The van der Waals surface area contributed by atoms with E-state index in [1.807, 2.05) is 0 Å². The Morgan fingerprint density at radius 3 is 2.69 bits per heavy atom. The second-order valence-corrected chi connectivity index (χ2v) is 6.71. The first kappa shape index (κ1) is 18.1. The highest BCUT2D eigenvalue weighted by Gasteiger charge is 2.25. The summed E-state index contributed by atoms with van der Waals surface area (Å²) in [4.78, 5) is 36.5. The Kier molecular flexibility index (Phi) is 5.08. The lowest BCUT2D eigenvalue weighted by atomic mass is 10.1. The van der Waals surface area contributed by atoms with Crippen molar-refractivity contribution >= 4 is 34.5 Å². The van der Waals surface area contributed by atoms with Crippen molar-refractivity contribution in [1.82, 2.24) is 24.7 Å². The molecular weight excluding hydrogens is 354 g/mol. The molecule has 0 unspecified atom stereocenters. The Hall–Kier alpha value is -2.68. The number of hydrogen-bond donors (Lipinski definition) is 1. The highest BCUT2D eigenvalue weighted by molar-refractivity contribution is 8.00.